The molecule has 1 N–H and O–H groups in total. The third-order valence-electron chi connectivity index (χ3n) is 13.0. The molecule has 0 saturated carbocycles. The molecule has 0 saturated heterocycles. The third kappa shape index (κ3) is 55.9. The van der Waals surface area contributed by atoms with Gasteiger partial charge in [0.2, 0.25) is 0 Å². The highest BCUT2D eigenvalue weighted by molar-refractivity contribution is 5.70. The quantitative estimate of drug-likeness (QED) is 0.0374. The molecular weight excluding hydrogens is 837 g/mol. The fourth-order valence-corrected chi connectivity index (χ4v) is 8.62. The number of carbonyl (C=O) groups is 2. The van der Waals surface area contributed by atoms with E-state index in [0.717, 1.165) is 89.9 Å². The summed E-state index contributed by atoms with van der Waals surface area (Å²) in [4.78, 5) is 24.5. The zero-order chi connectivity index (χ0) is 49.2. The molecule has 0 aromatic rings. The fraction of sp³-hybridized carbons (Fsp3) is 0.778. The van der Waals surface area contributed by atoms with Gasteiger partial charge in [0.05, 0.1) is 6.61 Å². The molecule has 0 aliphatic rings. The molecule has 0 aromatic carbocycles. The average Bonchev–Trinajstić information content (AvgIpc) is 3.34. The lowest BCUT2D eigenvalue weighted by Gasteiger charge is -2.15. The molecule has 0 rings (SSSR count). The predicted molar refractivity (Wildman–Crippen MR) is 297 cm³/mol. The highest BCUT2D eigenvalue weighted by atomic mass is 16.6. The van der Waals surface area contributed by atoms with Gasteiger partial charge in [0.1, 0.15) is 6.61 Å². The minimum Gasteiger partial charge on any atom is -0.462 e. The molecule has 0 bridgehead atoms. The molecule has 1 atom stereocenters. The fourth-order valence-electron chi connectivity index (χ4n) is 8.62. The molecule has 0 aromatic heterocycles. The minimum absolute atomic E-state index is 0.0767. The van der Waals surface area contributed by atoms with Crippen molar-refractivity contribution in [1.82, 2.24) is 0 Å². The van der Waals surface area contributed by atoms with Crippen LogP contribution in [-0.4, -0.2) is 36.4 Å². The predicted octanol–water partition coefficient (Wildman–Crippen LogP) is 20.0. The summed E-state index contributed by atoms with van der Waals surface area (Å²) in [7, 11) is 0. The molecule has 5 nitrogen and oxygen atoms in total. The van der Waals surface area contributed by atoms with E-state index >= 15 is 0 Å². The first-order valence-electron chi connectivity index (χ1n) is 29.5. The van der Waals surface area contributed by atoms with E-state index in [0.29, 0.717) is 12.8 Å². The maximum atomic E-state index is 12.3. The molecule has 0 aliphatic carbocycles. The molecule has 1 unspecified atom stereocenters. The van der Waals surface area contributed by atoms with Crippen LogP contribution in [0.4, 0.5) is 0 Å². The van der Waals surface area contributed by atoms with E-state index in [1.807, 2.05) is 0 Å². The summed E-state index contributed by atoms with van der Waals surface area (Å²) in [6.45, 7) is 4.04. The smallest absolute Gasteiger partial charge is 0.306 e. The Morgan fingerprint density at radius 3 is 0.956 bits per heavy atom. The molecule has 0 fully saturated rings. The second-order valence-corrected chi connectivity index (χ2v) is 19.7. The number of unbranched alkanes of at least 4 members (excludes halogenated alkanes) is 34. The highest BCUT2D eigenvalue weighted by Gasteiger charge is 2.16. The van der Waals surface area contributed by atoms with Crippen molar-refractivity contribution in [2.24, 2.45) is 0 Å². The lowest BCUT2D eigenvalue weighted by atomic mass is 10.0. The Balaban J connectivity index is 3.48. The van der Waals surface area contributed by atoms with Crippen LogP contribution < -0.4 is 0 Å². The number of esters is 2. The van der Waals surface area contributed by atoms with Crippen LogP contribution in [0.1, 0.15) is 296 Å². The topological polar surface area (TPSA) is 72.8 Å². The lowest BCUT2D eigenvalue weighted by molar-refractivity contribution is -0.161. The van der Waals surface area contributed by atoms with Crippen LogP contribution in [0.25, 0.3) is 0 Å². The Kier molecular flexibility index (Phi) is 56.4. The summed E-state index contributed by atoms with van der Waals surface area (Å²) in [5.74, 6) is -0.611. The second-order valence-electron chi connectivity index (χ2n) is 19.7. The summed E-state index contributed by atoms with van der Waals surface area (Å²) in [6.07, 6.45) is 80.4. The van der Waals surface area contributed by atoms with Gasteiger partial charge < -0.3 is 14.6 Å². The number of rotatable bonds is 54. The van der Waals surface area contributed by atoms with Gasteiger partial charge in [0.25, 0.3) is 0 Å². The monoisotopic (exact) mass is 949 g/mol. The molecule has 0 aliphatic heterocycles. The van der Waals surface area contributed by atoms with Gasteiger partial charge in [0, 0.05) is 12.8 Å². The van der Waals surface area contributed by atoms with Crippen molar-refractivity contribution in [3.63, 3.8) is 0 Å². The van der Waals surface area contributed by atoms with Gasteiger partial charge in [-0.3, -0.25) is 9.59 Å². The van der Waals surface area contributed by atoms with Gasteiger partial charge in [-0.25, -0.2) is 0 Å². The Morgan fingerprint density at radius 2 is 0.632 bits per heavy atom. The molecule has 5 heteroatoms. The maximum absolute atomic E-state index is 12.3. The van der Waals surface area contributed by atoms with Crippen LogP contribution >= 0.6 is 0 Å². The highest BCUT2D eigenvalue weighted by Crippen LogP contribution is 2.17. The standard InChI is InChI=1S/C63H112O5/c1-3-5-7-9-11-13-15-17-19-21-23-25-27-28-29-30-31-32-33-34-36-37-39-41-43-45-47-49-51-53-55-57-62(65)67-60-61(59-64)68-63(66)58-56-54-52-50-48-46-44-42-40-38-35-26-24-22-20-18-16-14-12-10-8-6-4-2/h6,8,12,14,18,20,24,26,38,40,44,46,61,64H,3-5,7,9-11,13,15-17,19,21-23,25,27-37,39,41-43,45,47-60H2,1-2H3/b8-6-,14-12-,20-18-,26-24-,40-38-,46-44-. The normalized spacial score (nSPS) is 12.7. The summed E-state index contributed by atoms with van der Waals surface area (Å²) < 4.78 is 10.7. The van der Waals surface area contributed by atoms with Crippen LogP contribution in [0, 0.1) is 0 Å². The maximum Gasteiger partial charge on any atom is 0.306 e. The van der Waals surface area contributed by atoms with Crippen LogP contribution in [0.2, 0.25) is 0 Å². The van der Waals surface area contributed by atoms with Crippen LogP contribution in [-0.2, 0) is 19.1 Å². The summed E-state index contributed by atoms with van der Waals surface area (Å²) in [6, 6.07) is 0. The molecule has 394 valence electrons. The van der Waals surface area contributed by atoms with Crippen molar-refractivity contribution in [1.29, 1.82) is 0 Å². The molecule has 0 spiro atoms. The summed E-state index contributed by atoms with van der Waals surface area (Å²) in [5.41, 5.74) is 0. The number of allylic oxidation sites excluding steroid dienone is 12. The van der Waals surface area contributed by atoms with E-state index in [1.54, 1.807) is 0 Å². The zero-order valence-corrected chi connectivity index (χ0v) is 45.1. The zero-order valence-electron chi connectivity index (χ0n) is 45.1. The van der Waals surface area contributed by atoms with E-state index in [4.69, 9.17) is 9.47 Å². The number of ether oxygens (including phenoxy) is 2. The van der Waals surface area contributed by atoms with Crippen molar-refractivity contribution in [2.75, 3.05) is 13.2 Å². The van der Waals surface area contributed by atoms with Gasteiger partial charge in [-0.2, -0.15) is 0 Å². The Morgan fingerprint density at radius 1 is 0.353 bits per heavy atom. The molecule has 68 heavy (non-hydrogen) atoms. The number of carbonyl (C=O) groups excluding carboxylic acids is 2. The van der Waals surface area contributed by atoms with Crippen molar-refractivity contribution in [3.8, 4) is 0 Å². The summed E-state index contributed by atoms with van der Waals surface area (Å²) in [5, 5.41) is 9.65. The first kappa shape index (κ1) is 65.3. The number of hydrogen-bond donors (Lipinski definition) is 1. The SMILES string of the molecule is CC/C=C\C/C=C\C/C=C\C/C=C\C/C=C\C/C=C\CCCCCCC(=O)OC(CO)COC(=O)CCCCCCCCCCCCCCCCCCCCCCCCCCCCCCCCC. The van der Waals surface area contributed by atoms with Crippen LogP contribution in [0.5, 0.6) is 0 Å². The third-order valence-corrected chi connectivity index (χ3v) is 13.0. The first-order chi connectivity index (χ1) is 33.6. The summed E-state index contributed by atoms with van der Waals surface area (Å²) >= 11 is 0. The number of aliphatic hydroxyl groups is 1. The number of hydrogen-bond acceptors (Lipinski definition) is 5. The van der Waals surface area contributed by atoms with E-state index in [1.165, 1.54) is 180 Å². The Labute approximate surface area is 423 Å². The minimum atomic E-state index is -0.789. The van der Waals surface area contributed by atoms with Crippen molar-refractivity contribution < 1.29 is 24.2 Å². The Hall–Kier alpha value is -2.66. The van der Waals surface area contributed by atoms with E-state index < -0.39 is 6.10 Å². The van der Waals surface area contributed by atoms with Gasteiger partial charge in [0.15, 0.2) is 6.10 Å². The molecule has 0 amide bonds. The van der Waals surface area contributed by atoms with Gasteiger partial charge in [-0.15, -0.1) is 0 Å². The van der Waals surface area contributed by atoms with Crippen molar-refractivity contribution >= 4 is 11.9 Å². The van der Waals surface area contributed by atoms with Gasteiger partial charge >= 0.3 is 11.9 Å². The molecular formula is C63H112O5. The van der Waals surface area contributed by atoms with Crippen molar-refractivity contribution in [2.45, 2.75) is 302 Å². The second kappa shape index (κ2) is 58.7. The van der Waals surface area contributed by atoms with Gasteiger partial charge in [-0.05, 0) is 64.2 Å². The average molecular weight is 950 g/mol. The molecule has 0 heterocycles. The number of aliphatic hydroxyl groups excluding tert-OH is 1. The van der Waals surface area contributed by atoms with E-state index in [9.17, 15) is 14.7 Å². The van der Waals surface area contributed by atoms with E-state index in [2.05, 4.69) is 86.8 Å². The largest absolute Gasteiger partial charge is 0.462 e. The molecule has 0 radical (unpaired) electrons. The van der Waals surface area contributed by atoms with Crippen LogP contribution in [0.3, 0.4) is 0 Å². The van der Waals surface area contributed by atoms with Crippen molar-refractivity contribution in [3.05, 3.63) is 72.9 Å². The Bertz CT molecular complexity index is 1210. The van der Waals surface area contributed by atoms with Crippen LogP contribution in [0.15, 0.2) is 72.9 Å². The van der Waals surface area contributed by atoms with E-state index in [-0.39, 0.29) is 25.2 Å². The van der Waals surface area contributed by atoms with Gasteiger partial charge in [-0.1, -0.05) is 292 Å². The first-order valence-corrected chi connectivity index (χ1v) is 29.5. The lowest BCUT2D eigenvalue weighted by Crippen LogP contribution is -2.28.